The molecule has 104 valence electrons. The van der Waals surface area contributed by atoms with Gasteiger partial charge in [0.2, 0.25) is 6.79 Å². The van der Waals surface area contributed by atoms with Crippen molar-refractivity contribution >= 4 is 21.9 Å². The molecule has 0 amide bonds. The fourth-order valence-electron chi connectivity index (χ4n) is 1.86. The lowest BCUT2D eigenvalue weighted by Gasteiger charge is -2.05. The van der Waals surface area contributed by atoms with Crippen molar-refractivity contribution in [1.82, 2.24) is 15.4 Å². The van der Waals surface area contributed by atoms with Gasteiger partial charge in [-0.2, -0.15) is 10.3 Å². The number of nitrogens with zero attached hydrogens (tertiary/aromatic N) is 2. The average Bonchev–Trinajstić information content (AvgIpc) is 3.05. The van der Waals surface area contributed by atoms with Gasteiger partial charge in [-0.25, -0.2) is 4.79 Å². The third kappa shape index (κ3) is 2.11. The molecule has 0 spiro atoms. The summed E-state index contributed by atoms with van der Waals surface area (Å²) in [5, 5.41) is 10.3. The summed E-state index contributed by atoms with van der Waals surface area (Å²) in [5.41, 5.74) is 1.20. The Hall–Kier alpha value is -2.09. The van der Waals surface area contributed by atoms with Crippen LogP contribution in [-0.4, -0.2) is 34.8 Å². The maximum atomic E-state index is 11.8. The van der Waals surface area contributed by atoms with Crippen LogP contribution in [0.15, 0.2) is 16.6 Å². The zero-order chi connectivity index (χ0) is 14.1. The van der Waals surface area contributed by atoms with E-state index in [9.17, 15) is 4.79 Å². The number of hydrogen-bond acceptors (Lipinski definition) is 6. The molecule has 1 aliphatic rings. The summed E-state index contributed by atoms with van der Waals surface area (Å²) >= 11 is 3.42. The quantitative estimate of drug-likeness (QED) is 0.862. The van der Waals surface area contributed by atoms with E-state index in [0.29, 0.717) is 22.8 Å². The van der Waals surface area contributed by atoms with Crippen LogP contribution < -0.4 is 9.47 Å². The number of rotatable bonds is 3. The highest BCUT2D eigenvalue weighted by Gasteiger charge is 2.24. The van der Waals surface area contributed by atoms with Gasteiger partial charge in [0.25, 0.3) is 0 Å². The van der Waals surface area contributed by atoms with Crippen molar-refractivity contribution in [2.45, 2.75) is 6.92 Å². The Bertz CT molecular complexity index is 671. The number of benzene rings is 1. The minimum absolute atomic E-state index is 0.131. The maximum absolute atomic E-state index is 11.8. The Kier molecular flexibility index (Phi) is 3.31. The number of carbonyl (C=O) groups is 1. The second-order valence-corrected chi connectivity index (χ2v) is 4.78. The zero-order valence-corrected chi connectivity index (χ0v) is 12.1. The maximum Gasteiger partial charge on any atom is 0.361 e. The number of aromatic nitrogens is 3. The van der Waals surface area contributed by atoms with Crippen molar-refractivity contribution in [2.24, 2.45) is 0 Å². The summed E-state index contributed by atoms with van der Waals surface area (Å²) in [6.07, 6.45) is 0. The van der Waals surface area contributed by atoms with Crippen molar-refractivity contribution in [3.05, 3.63) is 22.3 Å². The smallest absolute Gasteiger partial charge is 0.361 e. The molecule has 0 bridgehead atoms. The summed E-state index contributed by atoms with van der Waals surface area (Å²) in [4.78, 5) is 11.8. The highest BCUT2D eigenvalue weighted by molar-refractivity contribution is 9.10. The molecule has 0 fully saturated rings. The number of nitrogens with one attached hydrogen (secondary N) is 1. The summed E-state index contributed by atoms with van der Waals surface area (Å²) in [5.74, 6) is 0.712. The van der Waals surface area contributed by atoms with E-state index in [0.717, 1.165) is 4.47 Å². The average molecular weight is 340 g/mol. The first-order valence-electron chi connectivity index (χ1n) is 5.88. The lowest BCUT2D eigenvalue weighted by molar-refractivity contribution is 0.0520. The first-order valence-corrected chi connectivity index (χ1v) is 6.67. The fraction of sp³-hybridized carbons (Fsp3) is 0.250. The predicted octanol–water partition coefficient (Wildman–Crippen LogP) is 2.14. The van der Waals surface area contributed by atoms with Crippen LogP contribution in [0.25, 0.3) is 11.3 Å². The van der Waals surface area contributed by atoms with E-state index in [2.05, 4.69) is 31.3 Å². The fourth-order valence-corrected chi connectivity index (χ4v) is 2.37. The van der Waals surface area contributed by atoms with Gasteiger partial charge >= 0.3 is 5.97 Å². The van der Waals surface area contributed by atoms with Gasteiger partial charge < -0.3 is 14.2 Å². The number of halogens is 1. The van der Waals surface area contributed by atoms with Crippen LogP contribution in [0, 0.1) is 0 Å². The molecular formula is C12H10BrN3O4. The molecule has 3 rings (SSSR count). The van der Waals surface area contributed by atoms with Gasteiger partial charge in [-0.15, -0.1) is 5.10 Å². The van der Waals surface area contributed by atoms with Gasteiger partial charge in [0.05, 0.1) is 6.61 Å². The van der Waals surface area contributed by atoms with Gasteiger partial charge in [-0.3, -0.25) is 0 Å². The first-order chi connectivity index (χ1) is 9.70. The van der Waals surface area contributed by atoms with E-state index in [-0.39, 0.29) is 19.1 Å². The molecule has 0 saturated carbocycles. The van der Waals surface area contributed by atoms with E-state index in [1.165, 1.54) is 0 Å². The Morgan fingerprint density at radius 2 is 2.15 bits per heavy atom. The summed E-state index contributed by atoms with van der Waals surface area (Å²) in [6.45, 7) is 2.18. The molecule has 1 aromatic carbocycles. The Morgan fingerprint density at radius 1 is 1.40 bits per heavy atom. The number of aromatic amines is 1. The van der Waals surface area contributed by atoms with E-state index >= 15 is 0 Å². The minimum atomic E-state index is -0.527. The van der Waals surface area contributed by atoms with Crippen LogP contribution >= 0.6 is 15.9 Å². The van der Waals surface area contributed by atoms with Crippen LogP contribution in [0.1, 0.15) is 17.4 Å². The molecule has 0 atom stereocenters. The molecule has 2 aromatic rings. The SMILES string of the molecule is CCOC(=O)c1n[nH]nc1-c1cc2c(cc1Br)OCO2. The Labute approximate surface area is 122 Å². The molecule has 0 aliphatic carbocycles. The van der Waals surface area contributed by atoms with Crippen molar-refractivity contribution in [3.8, 4) is 22.8 Å². The van der Waals surface area contributed by atoms with Crippen LogP contribution in [0.5, 0.6) is 11.5 Å². The monoisotopic (exact) mass is 339 g/mol. The van der Waals surface area contributed by atoms with Gasteiger partial charge in [-0.1, -0.05) is 0 Å². The standard InChI is InChI=1S/C12H10BrN3O4/c1-2-18-12(17)11-10(14-16-15-11)6-3-8-9(4-7(6)13)20-5-19-8/h3-4H,2,5H2,1H3,(H,14,15,16). The molecule has 8 heteroatoms. The molecule has 0 saturated heterocycles. The van der Waals surface area contributed by atoms with Crippen molar-refractivity contribution in [1.29, 1.82) is 0 Å². The van der Waals surface area contributed by atoms with Crippen LogP contribution in [0.2, 0.25) is 0 Å². The van der Waals surface area contributed by atoms with E-state index in [1.54, 1.807) is 19.1 Å². The Morgan fingerprint density at radius 3 is 2.90 bits per heavy atom. The van der Waals surface area contributed by atoms with Gasteiger partial charge in [0.1, 0.15) is 5.69 Å². The van der Waals surface area contributed by atoms with Gasteiger partial charge in [0.15, 0.2) is 17.2 Å². The lowest BCUT2D eigenvalue weighted by atomic mass is 10.1. The van der Waals surface area contributed by atoms with Crippen molar-refractivity contribution in [2.75, 3.05) is 13.4 Å². The topological polar surface area (TPSA) is 86.3 Å². The largest absolute Gasteiger partial charge is 0.461 e. The van der Waals surface area contributed by atoms with E-state index < -0.39 is 5.97 Å². The summed E-state index contributed by atoms with van der Waals surface area (Å²) in [6, 6.07) is 3.51. The van der Waals surface area contributed by atoms with Gasteiger partial charge in [-0.05, 0) is 35.0 Å². The normalized spacial score (nSPS) is 12.5. The molecule has 1 aromatic heterocycles. The number of hydrogen-bond donors (Lipinski definition) is 1. The number of esters is 1. The van der Waals surface area contributed by atoms with Crippen LogP contribution in [0.4, 0.5) is 0 Å². The third-order valence-electron chi connectivity index (χ3n) is 2.73. The molecule has 1 N–H and O–H groups in total. The van der Waals surface area contributed by atoms with Crippen molar-refractivity contribution < 1.29 is 19.0 Å². The number of fused-ring (bicyclic) bond motifs is 1. The zero-order valence-electron chi connectivity index (χ0n) is 10.5. The first kappa shape index (κ1) is 12.9. The highest BCUT2D eigenvalue weighted by Crippen LogP contribution is 2.41. The number of H-pyrrole nitrogens is 1. The second-order valence-electron chi connectivity index (χ2n) is 3.93. The molecular weight excluding hydrogens is 330 g/mol. The van der Waals surface area contributed by atoms with Crippen molar-refractivity contribution in [3.63, 3.8) is 0 Å². The third-order valence-corrected chi connectivity index (χ3v) is 3.39. The summed E-state index contributed by atoms with van der Waals surface area (Å²) < 4.78 is 16.3. The molecule has 20 heavy (non-hydrogen) atoms. The molecule has 0 unspecified atom stereocenters. The van der Waals surface area contributed by atoms with Gasteiger partial charge in [0, 0.05) is 10.0 Å². The second kappa shape index (κ2) is 5.12. The molecule has 2 heterocycles. The summed E-state index contributed by atoms with van der Waals surface area (Å²) in [7, 11) is 0. The molecule has 7 nitrogen and oxygen atoms in total. The van der Waals surface area contributed by atoms with E-state index in [4.69, 9.17) is 14.2 Å². The molecule has 0 radical (unpaired) electrons. The van der Waals surface area contributed by atoms with E-state index in [1.807, 2.05) is 0 Å². The van der Waals surface area contributed by atoms with Crippen LogP contribution in [-0.2, 0) is 4.74 Å². The van der Waals surface area contributed by atoms with Crippen LogP contribution in [0.3, 0.4) is 0 Å². The lowest BCUT2D eigenvalue weighted by Crippen LogP contribution is -2.06. The minimum Gasteiger partial charge on any atom is -0.461 e. The predicted molar refractivity (Wildman–Crippen MR) is 71.6 cm³/mol. The number of ether oxygens (including phenoxy) is 3. The number of carbonyl (C=O) groups excluding carboxylic acids is 1. The Balaban J connectivity index is 2.06. The molecule has 1 aliphatic heterocycles. The highest BCUT2D eigenvalue weighted by atomic mass is 79.9.